The molecule has 1 atom stereocenters. The van der Waals surface area contributed by atoms with Crippen molar-refractivity contribution in [2.24, 2.45) is 0 Å². The second-order valence-corrected chi connectivity index (χ2v) is 6.85. The van der Waals surface area contributed by atoms with E-state index in [1.807, 2.05) is 43.3 Å². The Hall–Kier alpha value is -2.60. The number of para-hydroxylation sites is 2. The Morgan fingerprint density at radius 3 is 2.77 bits per heavy atom. The molecule has 2 amide bonds. The van der Waals surface area contributed by atoms with Crippen molar-refractivity contribution < 1.29 is 14.3 Å². The molecule has 0 saturated carbocycles. The molecule has 0 aliphatic carbocycles. The van der Waals surface area contributed by atoms with E-state index in [4.69, 9.17) is 4.74 Å². The van der Waals surface area contributed by atoms with Crippen molar-refractivity contribution in [2.45, 2.75) is 13.0 Å². The first-order chi connectivity index (χ1) is 12.5. The van der Waals surface area contributed by atoms with Gasteiger partial charge in [-0.3, -0.25) is 9.59 Å². The number of ether oxygens (including phenoxy) is 1. The van der Waals surface area contributed by atoms with Gasteiger partial charge in [0.2, 0.25) is 0 Å². The summed E-state index contributed by atoms with van der Waals surface area (Å²) in [5.74, 6) is 0.0512. The normalized spacial score (nSPS) is 16.1. The van der Waals surface area contributed by atoms with Gasteiger partial charge in [-0.2, -0.15) is 0 Å². The van der Waals surface area contributed by atoms with Crippen molar-refractivity contribution in [3.63, 3.8) is 0 Å². The highest BCUT2D eigenvalue weighted by Crippen LogP contribution is 2.33. The minimum Gasteiger partial charge on any atom is -0.477 e. The van der Waals surface area contributed by atoms with Crippen molar-refractivity contribution in [1.29, 1.82) is 0 Å². The molecule has 1 aliphatic rings. The summed E-state index contributed by atoms with van der Waals surface area (Å²) in [5, 5.41) is 2.57. The van der Waals surface area contributed by atoms with Crippen molar-refractivity contribution in [3.8, 4) is 5.75 Å². The fourth-order valence-corrected chi connectivity index (χ4v) is 3.38. The fraction of sp³-hybridized carbons (Fsp3) is 0.200. The topological polar surface area (TPSA) is 58.6 Å². The van der Waals surface area contributed by atoms with Crippen molar-refractivity contribution >= 4 is 39.5 Å². The summed E-state index contributed by atoms with van der Waals surface area (Å²) < 4.78 is 6.65. The zero-order valence-corrected chi connectivity index (χ0v) is 16.1. The second kappa shape index (κ2) is 7.74. The summed E-state index contributed by atoms with van der Waals surface area (Å²) in [5.41, 5.74) is 2.70. The smallest absolute Gasteiger partial charge is 0.262 e. The van der Waals surface area contributed by atoms with Crippen LogP contribution in [0.2, 0.25) is 0 Å². The van der Waals surface area contributed by atoms with Crippen LogP contribution >= 0.6 is 15.9 Å². The number of fused-ring (bicyclic) bond motifs is 1. The summed E-state index contributed by atoms with van der Waals surface area (Å²) in [6, 6.07) is 13.1. The molecule has 0 radical (unpaired) electrons. The van der Waals surface area contributed by atoms with Gasteiger partial charge in [0, 0.05) is 17.6 Å². The van der Waals surface area contributed by atoms with E-state index in [-0.39, 0.29) is 18.4 Å². The Labute approximate surface area is 160 Å². The third-order valence-electron chi connectivity index (χ3n) is 4.14. The third kappa shape index (κ3) is 3.80. The lowest BCUT2D eigenvalue weighted by atomic mass is 10.1. The van der Waals surface area contributed by atoms with Crippen LogP contribution < -0.4 is 15.0 Å². The molecule has 26 heavy (non-hydrogen) atoms. The van der Waals surface area contributed by atoms with E-state index in [1.165, 1.54) is 6.08 Å². The second-order valence-electron chi connectivity index (χ2n) is 6.00. The number of carbonyl (C=O) groups excluding carboxylic acids is 2. The van der Waals surface area contributed by atoms with Gasteiger partial charge in [-0.1, -0.05) is 40.2 Å². The molecule has 0 saturated heterocycles. The van der Waals surface area contributed by atoms with E-state index in [0.717, 1.165) is 15.6 Å². The van der Waals surface area contributed by atoms with Gasteiger partial charge in [0.15, 0.2) is 6.10 Å². The quantitative estimate of drug-likeness (QED) is 0.783. The molecule has 1 aliphatic heterocycles. The minimum atomic E-state index is -0.738. The van der Waals surface area contributed by atoms with E-state index < -0.39 is 6.10 Å². The predicted molar refractivity (Wildman–Crippen MR) is 105 cm³/mol. The van der Waals surface area contributed by atoms with Gasteiger partial charge in [-0.25, -0.2) is 0 Å². The van der Waals surface area contributed by atoms with Crippen LogP contribution in [0, 0.1) is 6.92 Å². The number of benzene rings is 2. The lowest BCUT2D eigenvalue weighted by molar-refractivity contribution is -0.127. The van der Waals surface area contributed by atoms with Gasteiger partial charge in [-0.05, 0) is 42.3 Å². The highest BCUT2D eigenvalue weighted by molar-refractivity contribution is 9.10. The Morgan fingerprint density at radius 1 is 1.27 bits per heavy atom. The first-order valence-corrected chi connectivity index (χ1v) is 9.02. The number of likely N-dealkylation sites (N-methyl/N-ethyl adjacent to an activating group) is 1. The average molecular weight is 415 g/mol. The van der Waals surface area contributed by atoms with Gasteiger partial charge in [-0.15, -0.1) is 0 Å². The summed E-state index contributed by atoms with van der Waals surface area (Å²) in [6.45, 7) is 2.17. The van der Waals surface area contributed by atoms with E-state index in [0.29, 0.717) is 11.4 Å². The van der Waals surface area contributed by atoms with Crippen molar-refractivity contribution in [3.05, 3.63) is 64.1 Å². The largest absolute Gasteiger partial charge is 0.477 e. The van der Waals surface area contributed by atoms with Crippen molar-refractivity contribution in [1.82, 2.24) is 5.32 Å². The number of halogens is 1. The van der Waals surface area contributed by atoms with Gasteiger partial charge in [0.25, 0.3) is 11.8 Å². The number of nitrogens with zero attached hydrogens (tertiary/aromatic N) is 1. The molecule has 1 heterocycles. The molecule has 1 N–H and O–H groups in total. The van der Waals surface area contributed by atoms with Crippen LogP contribution in [0.1, 0.15) is 11.1 Å². The van der Waals surface area contributed by atoms with E-state index in [9.17, 15) is 9.59 Å². The molecular weight excluding hydrogens is 396 g/mol. The molecule has 3 rings (SSSR count). The van der Waals surface area contributed by atoms with Crippen LogP contribution in [0.25, 0.3) is 6.08 Å². The third-order valence-corrected chi connectivity index (χ3v) is 4.83. The maximum absolute atomic E-state index is 12.8. The molecule has 5 nitrogen and oxygen atoms in total. The average Bonchev–Trinajstić information content (AvgIpc) is 2.65. The Morgan fingerprint density at radius 2 is 2.04 bits per heavy atom. The van der Waals surface area contributed by atoms with E-state index in [1.54, 1.807) is 24.1 Å². The van der Waals surface area contributed by atoms with Gasteiger partial charge >= 0.3 is 0 Å². The monoisotopic (exact) mass is 414 g/mol. The van der Waals surface area contributed by atoms with Crippen LogP contribution in [0.4, 0.5) is 5.69 Å². The SMILES string of the molecule is CNC(=O)[C@H]1CN(C(=O)/C=C/c2ccc(C)cc2Br)c2ccccc2O1. The standard InChI is InChI=1S/C20H19BrN2O3/c1-13-7-8-14(15(21)11-13)9-10-19(24)23-12-18(20(25)22-2)26-17-6-4-3-5-16(17)23/h3-11,18H,12H2,1-2H3,(H,22,25)/b10-9+/t18-/m1/s1. The van der Waals surface area contributed by atoms with E-state index >= 15 is 0 Å². The highest BCUT2D eigenvalue weighted by Gasteiger charge is 2.32. The van der Waals surface area contributed by atoms with Gasteiger partial charge in [0.1, 0.15) is 5.75 Å². The lowest BCUT2D eigenvalue weighted by Gasteiger charge is -2.33. The Kier molecular flexibility index (Phi) is 5.42. The number of carbonyl (C=O) groups is 2. The van der Waals surface area contributed by atoms with E-state index in [2.05, 4.69) is 21.2 Å². The minimum absolute atomic E-state index is 0.162. The highest BCUT2D eigenvalue weighted by atomic mass is 79.9. The molecule has 6 heteroatoms. The Bertz CT molecular complexity index is 879. The molecule has 134 valence electrons. The first kappa shape index (κ1) is 18.2. The number of aryl methyl sites for hydroxylation is 1. The van der Waals surface area contributed by atoms with Gasteiger partial charge < -0.3 is 15.0 Å². The van der Waals surface area contributed by atoms with Gasteiger partial charge in [0.05, 0.1) is 12.2 Å². The zero-order chi connectivity index (χ0) is 18.7. The summed E-state index contributed by atoms with van der Waals surface area (Å²) in [4.78, 5) is 26.4. The fourth-order valence-electron chi connectivity index (χ4n) is 2.76. The number of hydrogen-bond acceptors (Lipinski definition) is 3. The molecular formula is C20H19BrN2O3. The zero-order valence-electron chi connectivity index (χ0n) is 14.5. The summed E-state index contributed by atoms with van der Waals surface area (Å²) in [6.07, 6.45) is 2.54. The predicted octanol–water partition coefficient (Wildman–Crippen LogP) is 3.31. The number of amides is 2. The van der Waals surface area contributed by atoms with Crippen LogP contribution in [0.5, 0.6) is 5.75 Å². The van der Waals surface area contributed by atoms with Crippen molar-refractivity contribution in [2.75, 3.05) is 18.5 Å². The number of anilines is 1. The number of nitrogens with one attached hydrogen (secondary N) is 1. The number of rotatable bonds is 3. The molecule has 2 aromatic rings. The van der Waals surface area contributed by atoms with Crippen LogP contribution in [-0.4, -0.2) is 31.5 Å². The maximum Gasteiger partial charge on any atom is 0.262 e. The molecule has 0 fully saturated rings. The molecule has 0 bridgehead atoms. The Balaban J connectivity index is 1.87. The summed E-state index contributed by atoms with van der Waals surface area (Å²) >= 11 is 3.51. The summed E-state index contributed by atoms with van der Waals surface area (Å²) in [7, 11) is 1.55. The number of hydrogen-bond donors (Lipinski definition) is 1. The van der Waals surface area contributed by atoms with Crippen LogP contribution in [0.3, 0.4) is 0 Å². The lowest BCUT2D eigenvalue weighted by Crippen LogP contribution is -2.49. The van der Waals surface area contributed by atoms with Crippen LogP contribution in [0.15, 0.2) is 53.0 Å². The molecule has 0 aromatic heterocycles. The molecule has 2 aromatic carbocycles. The van der Waals surface area contributed by atoms with Crippen LogP contribution in [-0.2, 0) is 9.59 Å². The maximum atomic E-state index is 12.8. The molecule has 0 spiro atoms. The first-order valence-electron chi connectivity index (χ1n) is 8.22. The molecule has 0 unspecified atom stereocenters.